The molecule has 19 heteroatoms. The Morgan fingerprint density at radius 1 is 0.868 bits per heavy atom. The fraction of sp³-hybridized carbons (Fsp3) is 0.794. The first-order valence-corrected chi connectivity index (χ1v) is 18.2. The lowest BCUT2D eigenvalue weighted by Gasteiger charge is -2.22. The molecule has 304 valence electrons. The van der Waals surface area contributed by atoms with Gasteiger partial charge in [-0.05, 0) is 52.0 Å². The van der Waals surface area contributed by atoms with Gasteiger partial charge in [0.2, 0.25) is 23.6 Å². The molecule has 2 saturated heterocycles. The van der Waals surface area contributed by atoms with E-state index in [0.29, 0.717) is 84.6 Å². The number of ketones is 1. The summed E-state index contributed by atoms with van der Waals surface area (Å²) in [6.07, 6.45) is 6.57. The van der Waals surface area contributed by atoms with Gasteiger partial charge in [0.15, 0.2) is 13.6 Å². The van der Waals surface area contributed by atoms with E-state index in [4.69, 9.17) is 24.9 Å². The number of likely N-dealkylation sites (tertiary alicyclic amines) is 2. The maximum Gasteiger partial charge on any atom is 0.262 e. The molecule has 2 aliphatic rings. The fourth-order valence-electron chi connectivity index (χ4n) is 4.99. The van der Waals surface area contributed by atoms with Gasteiger partial charge in [0.25, 0.3) is 5.91 Å². The molecule has 53 heavy (non-hydrogen) atoms. The van der Waals surface area contributed by atoms with Crippen LogP contribution in [-0.4, -0.2) is 117 Å². The molecule has 0 aliphatic carbocycles. The predicted octanol–water partition coefficient (Wildman–Crippen LogP) is -0.338. The zero-order valence-electron chi connectivity index (χ0n) is 31.9. The van der Waals surface area contributed by atoms with Gasteiger partial charge in [-0.3, -0.25) is 43.4 Å². The third-order valence-electron chi connectivity index (χ3n) is 8.61. The first-order valence-electron chi connectivity index (χ1n) is 18.2. The van der Waals surface area contributed by atoms with Crippen molar-refractivity contribution in [2.75, 3.05) is 59.6 Å². The molecule has 0 aromatic heterocycles. The molecule has 2 aliphatic heterocycles. The van der Waals surface area contributed by atoms with Crippen molar-refractivity contribution in [2.45, 2.75) is 98.4 Å². The summed E-state index contributed by atoms with van der Waals surface area (Å²) in [5, 5.41) is 5.25. The van der Waals surface area contributed by atoms with Crippen LogP contribution >= 0.6 is 0 Å². The Morgan fingerprint density at radius 3 is 1.89 bits per heavy atom. The average Bonchev–Trinajstić information content (AvgIpc) is 3.51. The number of unbranched alkanes of at least 4 members (excludes halogenated alkanes) is 3. The number of amides is 6. The highest BCUT2D eigenvalue weighted by molar-refractivity contribution is 6.03. The number of nitrogens with two attached hydrogens (primary N) is 1. The quantitative estimate of drug-likeness (QED) is 0.0143. The van der Waals surface area contributed by atoms with Crippen LogP contribution in [0, 0.1) is 17.3 Å². The number of ether oxygens (including phenoxy) is 2. The van der Waals surface area contributed by atoms with Crippen LogP contribution in [0.3, 0.4) is 0 Å². The number of nitrogens with one attached hydrogen (secondary N) is 5. The summed E-state index contributed by atoms with van der Waals surface area (Å²) in [5.74, 6) is -1.27. The summed E-state index contributed by atoms with van der Waals surface area (Å²) in [5.41, 5.74) is 12.8. The van der Waals surface area contributed by atoms with Crippen LogP contribution in [0.15, 0.2) is 0 Å². The smallest absolute Gasteiger partial charge is 0.262 e. The number of hydrogen-bond donors (Lipinski definition) is 6. The van der Waals surface area contributed by atoms with Gasteiger partial charge in [-0.1, -0.05) is 34.1 Å². The van der Waals surface area contributed by atoms with E-state index >= 15 is 0 Å². The Bertz CT molecular complexity index is 1160. The normalized spacial score (nSPS) is 17.9. The zero-order valence-corrected chi connectivity index (χ0v) is 31.9. The van der Waals surface area contributed by atoms with Gasteiger partial charge in [-0.25, -0.2) is 15.7 Å². The maximum absolute atomic E-state index is 12.5. The molecule has 0 bridgehead atoms. The number of nitrogens with zero attached hydrogens (tertiary/aromatic N) is 2. The highest BCUT2D eigenvalue weighted by Gasteiger charge is 2.35. The number of carbonyl (C=O) groups excluding carboxylic acids is 7. The molecule has 0 saturated carbocycles. The molecule has 6 amide bonds. The highest BCUT2D eigenvalue weighted by Crippen LogP contribution is 2.20. The Balaban J connectivity index is 0.000000999. The molecule has 2 fully saturated rings. The molecular weight excluding hydrogens is 696 g/mol. The molecule has 0 aromatic rings. The summed E-state index contributed by atoms with van der Waals surface area (Å²) in [6, 6.07) is -0.669. The van der Waals surface area contributed by atoms with Crippen LogP contribution in [0.2, 0.25) is 0 Å². The van der Waals surface area contributed by atoms with E-state index in [0.717, 1.165) is 6.42 Å². The van der Waals surface area contributed by atoms with Crippen molar-refractivity contribution in [1.82, 2.24) is 36.9 Å². The lowest BCUT2D eigenvalue weighted by molar-refractivity contribution is -0.154. The topological polar surface area (TPSA) is 249 Å². The largest absolute Gasteiger partial charge is 0.520 e. The zero-order chi connectivity index (χ0) is 39.6. The number of imide groups is 2. The van der Waals surface area contributed by atoms with E-state index < -0.39 is 11.9 Å². The van der Waals surface area contributed by atoms with Gasteiger partial charge in [-0.15, -0.1) is 5.59 Å². The number of hydrogen-bond acceptors (Lipinski definition) is 15. The minimum atomic E-state index is -0.669. The van der Waals surface area contributed by atoms with Gasteiger partial charge in [0.1, 0.15) is 11.8 Å². The molecular formula is C34H61N8O11-. The average molecular weight is 758 g/mol. The lowest BCUT2D eigenvalue weighted by atomic mass is 9.89. The molecule has 2 rings (SSSR count). The van der Waals surface area contributed by atoms with Gasteiger partial charge in [-0.2, -0.15) is 6.41 Å². The minimum Gasteiger partial charge on any atom is -0.520 e. The van der Waals surface area contributed by atoms with Crippen molar-refractivity contribution >= 4 is 41.7 Å². The van der Waals surface area contributed by atoms with Crippen molar-refractivity contribution in [3.63, 3.8) is 0 Å². The molecule has 7 N–H and O–H groups in total. The summed E-state index contributed by atoms with van der Waals surface area (Å²) in [4.78, 5) is 93.4. The van der Waals surface area contributed by atoms with Crippen molar-refractivity contribution in [1.29, 1.82) is 0 Å². The highest BCUT2D eigenvalue weighted by atomic mass is 16.8. The SMILES string of the molecule is CC(=O)C(C)(C)CNCN[C-]=O.CC1CC(=O)N(CCCCOCONN[C@@H](CCCCN)C(=O)NOCOCCCCN2C(=O)CC(C)C2=O)C1=O. The fourth-order valence-corrected chi connectivity index (χ4v) is 4.99. The van der Waals surface area contributed by atoms with Crippen LogP contribution in [0.25, 0.3) is 0 Å². The molecule has 0 radical (unpaired) electrons. The molecule has 0 aromatic carbocycles. The van der Waals surface area contributed by atoms with Gasteiger partial charge >= 0.3 is 0 Å². The second kappa shape index (κ2) is 27.2. The number of hydroxylamine groups is 1. The summed E-state index contributed by atoms with van der Waals surface area (Å²) >= 11 is 0. The van der Waals surface area contributed by atoms with E-state index in [-0.39, 0.29) is 73.1 Å². The van der Waals surface area contributed by atoms with E-state index in [1.54, 1.807) is 20.8 Å². The second-order valence-corrected chi connectivity index (χ2v) is 13.6. The Kier molecular flexibility index (Phi) is 24.4. The lowest BCUT2D eigenvalue weighted by Crippen LogP contribution is -2.50. The standard InChI is InChI=1S/C26H46N6O9.C8H15N2O2/c1-19-15-22(33)31(25(19)36)11-5-7-13-38-17-40-29-24(35)21(9-3-4-10-27)28-30-41-18-39-14-8-6-12-32-23(34)16-20(2)26(32)37;1-7(12)8(2,3)4-9-5-10-6-11/h19-21,28,30H,3-18,27H2,1-2H3,(H,29,35);9H,4-5H2,1-3H3,(H,10,11)/q;-1/t19?,20?,21-;/m0./s1. The molecule has 0 spiro atoms. The van der Waals surface area contributed by atoms with E-state index in [1.165, 1.54) is 16.2 Å². The third kappa shape index (κ3) is 19.5. The van der Waals surface area contributed by atoms with E-state index in [9.17, 15) is 33.6 Å². The molecule has 2 unspecified atom stereocenters. The molecule has 3 atom stereocenters. The second-order valence-electron chi connectivity index (χ2n) is 13.6. The van der Waals surface area contributed by atoms with Crippen molar-refractivity contribution in [3.8, 4) is 0 Å². The summed E-state index contributed by atoms with van der Waals surface area (Å²) in [6.45, 7) is 11.5. The van der Waals surface area contributed by atoms with Crippen LogP contribution in [0.1, 0.15) is 92.4 Å². The van der Waals surface area contributed by atoms with Crippen LogP contribution in [0.5, 0.6) is 0 Å². The number of Topliss-reactive ketones (excluding diaryl/α,β-unsaturated/α-hetero) is 1. The van der Waals surface area contributed by atoms with Crippen LogP contribution in [-0.2, 0) is 52.7 Å². The van der Waals surface area contributed by atoms with E-state index in [1.807, 2.05) is 13.8 Å². The first-order chi connectivity index (χ1) is 25.3. The van der Waals surface area contributed by atoms with Crippen molar-refractivity contribution in [3.05, 3.63) is 0 Å². The van der Waals surface area contributed by atoms with Crippen LogP contribution in [0.4, 0.5) is 0 Å². The molecule has 2 heterocycles. The van der Waals surface area contributed by atoms with Gasteiger partial charge in [0.05, 0.1) is 0 Å². The Hall–Kier alpha value is -3.43. The third-order valence-corrected chi connectivity index (χ3v) is 8.61. The van der Waals surface area contributed by atoms with Gasteiger partial charge < -0.3 is 30.6 Å². The number of carbonyl (C=O) groups is 6. The minimum absolute atomic E-state index is 0.0772. The van der Waals surface area contributed by atoms with Gasteiger partial charge in [0, 0.05) is 69.6 Å². The number of hydrazine groups is 1. The summed E-state index contributed by atoms with van der Waals surface area (Å²) < 4.78 is 10.7. The van der Waals surface area contributed by atoms with E-state index in [2.05, 4.69) is 27.1 Å². The first kappa shape index (κ1) is 47.6. The van der Waals surface area contributed by atoms with Crippen molar-refractivity contribution < 1.29 is 52.7 Å². The predicted molar refractivity (Wildman–Crippen MR) is 191 cm³/mol. The summed E-state index contributed by atoms with van der Waals surface area (Å²) in [7, 11) is 0. The monoisotopic (exact) mass is 757 g/mol. The molecule has 19 nitrogen and oxygen atoms in total. The maximum atomic E-state index is 12.5. The Morgan fingerprint density at radius 2 is 1.42 bits per heavy atom. The van der Waals surface area contributed by atoms with Crippen molar-refractivity contribution in [2.24, 2.45) is 23.0 Å². The Labute approximate surface area is 312 Å². The van der Waals surface area contributed by atoms with Crippen LogP contribution < -0.4 is 32.9 Å². The number of rotatable bonds is 29.